The lowest BCUT2D eigenvalue weighted by Gasteiger charge is -2.23. The molecule has 2 heteroatoms. The Morgan fingerprint density at radius 2 is 1.44 bits per heavy atom. The molecule has 0 heterocycles. The normalized spacial score (nSPS) is 11.3. The van der Waals surface area contributed by atoms with Gasteiger partial charge in [-0.1, -0.05) is 42.5 Å². The summed E-state index contributed by atoms with van der Waals surface area (Å²) in [7, 11) is 0. The summed E-state index contributed by atoms with van der Waals surface area (Å²) in [4.78, 5) is 0. The summed E-state index contributed by atoms with van der Waals surface area (Å²) in [5, 5.41) is 9.16. The van der Waals surface area contributed by atoms with Crippen molar-refractivity contribution in [3.63, 3.8) is 0 Å². The number of benzene rings is 2. The van der Waals surface area contributed by atoms with Crippen LogP contribution in [0.1, 0.15) is 13.8 Å². The first-order valence-corrected chi connectivity index (χ1v) is 6.06. The van der Waals surface area contributed by atoms with E-state index in [0.29, 0.717) is 0 Å². The number of hydrogen-bond donors (Lipinski definition) is 1. The Bertz CT molecular complexity index is 486. The lowest BCUT2D eigenvalue weighted by atomic mass is 10.1. The largest absolute Gasteiger partial charge is 0.485 e. The van der Waals surface area contributed by atoms with Crippen LogP contribution in [0.2, 0.25) is 0 Å². The Morgan fingerprint density at radius 1 is 0.889 bits per heavy atom. The van der Waals surface area contributed by atoms with Crippen molar-refractivity contribution >= 4 is 0 Å². The summed E-state index contributed by atoms with van der Waals surface area (Å²) in [6.07, 6.45) is 0. The van der Waals surface area contributed by atoms with Gasteiger partial charge in [0.15, 0.2) is 0 Å². The fourth-order valence-electron chi connectivity index (χ4n) is 1.70. The summed E-state index contributed by atoms with van der Waals surface area (Å²) < 4.78 is 5.69. The molecule has 0 bridgehead atoms. The van der Waals surface area contributed by atoms with Crippen LogP contribution in [0, 0.1) is 0 Å². The maximum atomic E-state index is 9.16. The minimum absolute atomic E-state index is 0.00651. The van der Waals surface area contributed by atoms with Crippen LogP contribution in [0.3, 0.4) is 0 Å². The maximum absolute atomic E-state index is 9.16. The van der Waals surface area contributed by atoms with E-state index in [1.54, 1.807) is 0 Å². The molecule has 2 aromatic carbocycles. The van der Waals surface area contributed by atoms with Crippen molar-refractivity contribution in [3.05, 3.63) is 54.6 Å². The van der Waals surface area contributed by atoms with E-state index >= 15 is 0 Å². The summed E-state index contributed by atoms with van der Waals surface area (Å²) in [6.45, 7) is 3.71. The first-order chi connectivity index (χ1) is 8.61. The van der Waals surface area contributed by atoms with E-state index in [-0.39, 0.29) is 6.61 Å². The Kier molecular flexibility index (Phi) is 3.68. The number of hydrogen-bond acceptors (Lipinski definition) is 2. The molecule has 0 amide bonds. The summed E-state index contributed by atoms with van der Waals surface area (Å²) in [6, 6.07) is 18.1. The highest BCUT2D eigenvalue weighted by Crippen LogP contribution is 2.24. The Balaban J connectivity index is 2.16. The van der Waals surface area contributed by atoms with Gasteiger partial charge in [0.25, 0.3) is 0 Å². The average molecular weight is 242 g/mol. The van der Waals surface area contributed by atoms with Gasteiger partial charge in [0.2, 0.25) is 0 Å². The topological polar surface area (TPSA) is 29.5 Å². The number of aliphatic hydroxyl groups is 1. The van der Waals surface area contributed by atoms with Gasteiger partial charge in [-0.05, 0) is 37.1 Å². The molecule has 2 nitrogen and oxygen atoms in total. The highest BCUT2D eigenvalue weighted by Gasteiger charge is 2.17. The van der Waals surface area contributed by atoms with E-state index < -0.39 is 5.60 Å². The van der Waals surface area contributed by atoms with Crippen molar-refractivity contribution in [1.82, 2.24) is 0 Å². The zero-order valence-corrected chi connectivity index (χ0v) is 10.8. The Labute approximate surface area is 108 Å². The van der Waals surface area contributed by atoms with Crippen molar-refractivity contribution in [2.75, 3.05) is 6.61 Å². The number of aliphatic hydroxyl groups excluding tert-OH is 1. The second-order valence-electron chi connectivity index (χ2n) is 4.91. The molecule has 0 fully saturated rings. The predicted molar refractivity (Wildman–Crippen MR) is 73.7 cm³/mol. The highest BCUT2D eigenvalue weighted by molar-refractivity contribution is 5.63. The van der Waals surface area contributed by atoms with Crippen LogP contribution in [0.15, 0.2) is 54.6 Å². The third kappa shape index (κ3) is 3.11. The molecular weight excluding hydrogens is 224 g/mol. The fourth-order valence-corrected chi connectivity index (χ4v) is 1.70. The van der Waals surface area contributed by atoms with Crippen molar-refractivity contribution in [2.24, 2.45) is 0 Å². The molecule has 0 aliphatic carbocycles. The molecule has 0 atom stereocenters. The molecule has 0 aliphatic rings. The minimum Gasteiger partial charge on any atom is -0.485 e. The van der Waals surface area contributed by atoms with Gasteiger partial charge < -0.3 is 9.84 Å². The van der Waals surface area contributed by atoms with E-state index in [1.165, 1.54) is 5.56 Å². The molecule has 0 saturated heterocycles. The Morgan fingerprint density at radius 3 is 2.00 bits per heavy atom. The van der Waals surface area contributed by atoms with Gasteiger partial charge in [-0.25, -0.2) is 0 Å². The van der Waals surface area contributed by atoms with Gasteiger partial charge in [-0.3, -0.25) is 0 Å². The maximum Gasteiger partial charge on any atom is 0.126 e. The van der Waals surface area contributed by atoms with Crippen molar-refractivity contribution in [2.45, 2.75) is 19.4 Å². The lowest BCUT2D eigenvalue weighted by Crippen LogP contribution is -2.32. The van der Waals surface area contributed by atoms with Gasteiger partial charge in [0.1, 0.15) is 11.4 Å². The van der Waals surface area contributed by atoms with Gasteiger partial charge in [0.05, 0.1) is 6.61 Å². The number of ether oxygens (including phenoxy) is 1. The molecule has 0 aromatic heterocycles. The van der Waals surface area contributed by atoms with E-state index in [9.17, 15) is 0 Å². The smallest absolute Gasteiger partial charge is 0.126 e. The summed E-state index contributed by atoms with van der Waals surface area (Å²) >= 11 is 0. The van der Waals surface area contributed by atoms with Crippen LogP contribution in [0.25, 0.3) is 11.1 Å². The van der Waals surface area contributed by atoms with E-state index in [1.807, 2.05) is 56.3 Å². The molecule has 0 spiro atoms. The van der Waals surface area contributed by atoms with E-state index in [4.69, 9.17) is 9.84 Å². The van der Waals surface area contributed by atoms with Gasteiger partial charge in [-0.15, -0.1) is 0 Å². The molecule has 1 N–H and O–H groups in total. The van der Waals surface area contributed by atoms with Crippen LogP contribution < -0.4 is 4.74 Å². The van der Waals surface area contributed by atoms with Crippen LogP contribution in [0.5, 0.6) is 5.75 Å². The monoisotopic (exact) mass is 242 g/mol. The lowest BCUT2D eigenvalue weighted by molar-refractivity contribution is 0.0413. The molecule has 0 unspecified atom stereocenters. The number of rotatable bonds is 4. The highest BCUT2D eigenvalue weighted by atomic mass is 16.5. The SMILES string of the molecule is CC(C)(CO)Oc1ccc(-c2ccccc2)cc1. The summed E-state index contributed by atoms with van der Waals surface area (Å²) in [5.41, 5.74) is 1.80. The van der Waals surface area contributed by atoms with Crippen LogP contribution >= 0.6 is 0 Å². The molecular formula is C16H18O2. The van der Waals surface area contributed by atoms with Crippen molar-refractivity contribution < 1.29 is 9.84 Å². The van der Waals surface area contributed by atoms with E-state index in [2.05, 4.69) is 12.1 Å². The van der Waals surface area contributed by atoms with Crippen LogP contribution in [-0.2, 0) is 0 Å². The van der Waals surface area contributed by atoms with Crippen molar-refractivity contribution in [1.29, 1.82) is 0 Å². The quantitative estimate of drug-likeness (QED) is 0.889. The molecule has 2 aromatic rings. The minimum atomic E-state index is -0.547. The standard InChI is InChI=1S/C16H18O2/c1-16(2,12-17)18-15-10-8-14(9-11-15)13-6-4-3-5-7-13/h3-11,17H,12H2,1-2H3. The third-order valence-corrected chi connectivity index (χ3v) is 2.74. The third-order valence-electron chi connectivity index (χ3n) is 2.74. The summed E-state index contributed by atoms with van der Waals surface area (Å²) in [5.74, 6) is 0.772. The molecule has 2 rings (SSSR count). The molecule has 94 valence electrons. The van der Waals surface area contributed by atoms with Crippen LogP contribution in [-0.4, -0.2) is 17.3 Å². The van der Waals surface area contributed by atoms with Gasteiger partial charge in [-0.2, -0.15) is 0 Å². The van der Waals surface area contributed by atoms with Crippen molar-refractivity contribution in [3.8, 4) is 16.9 Å². The molecule has 0 aliphatic heterocycles. The second-order valence-corrected chi connectivity index (χ2v) is 4.91. The zero-order chi connectivity index (χ0) is 13.0. The zero-order valence-electron chi connectivity index (χ0n) is 10.8. The Hall–Kier alpha value is -1.80. The van der Waals surface area contributed by atoms with Gasteiger partial charge >= 0.3 is 0 Å². The van der Waals surface area contributed by atoms with Crippen LogP contribution in [0.4, 0.5) is 0 Å². The molecule has 0 radical (unpaired) electrons. The van der Waals surface area contributed by atoms with Gasteiger partial charge in [0, 0.05) is 0 Å². The first kappa shape index (κ1) is 12.7. The fraction of sp³-hybridized carbons (Fsp3) is 0.250. The second kappa shape index (κ2) is 5.23. The predicted octanol–water partition coefficient (Wildman–Crippen LogP) is 3.50. The average Bonchev–Trinajstić information content (AvgIpc) is 2.40. The first-order valence-electron chi connectivity index (χ1n) is 6.06. The molecule has 0 saturated carbocycles. The van der Waals surface area contributed by atoms with E-state index in [0.717, 1.165) is 11.3 Å². The molecule has 18 heavy (non-hydrogen) atoms.